The van der Waals surface area contributed by atoms with E-state index in [2.05, 4.69) is 32.6 Å². The van der Waals surface area contributed by atoms with Gasteiger partial charge in [0.05, 0.1) is 7.11 Å². The highest BCUT2D eigenvalue weighted by molar-refractivity contribution is 14.1. The lowest BCUT2D eigenvalue weighted by Crippen LogP contribution is -2.32. The normalized spacial score (nSPS) is 16.1. The Balaban J connectivity index is 2.07. The van der Waals surface area contributed by atoms with Crippen molar-refractivity contribution in [1.82, 2.24) is 0 Å². The van der Waals surface area contributed by atoms with Crippen LogP contribution in [0.25, 0.3) is 0 Å². The van der Waals surface area contributed by atoms with Gasteiger partial charge in [-0.05, 0) is 59.7 Å². The number of halogens is 1. The van der Waals surface area contributed by atoms with Crippen molar-refractivity contribution in [2.75, 3.05) is 12.4 Å². The van der Waals surface area contributed by atoms with Gasteiger partial charge in [0.1, 0.15) is 5.41 Å². The summed E-state index contributed by atoms with van der Waals surface area (Å²) < 4.78 is 5.75. The van der Waals surface area contributed by atoms with E-state index < -0.39 is 11.4 Å². The van der Waals surface area contributed by atoms with Gasteiger partial charge in [-0.25, -0.2) is 0 Å². The Morgan fingerprint density at radius 1 is 1.29 bits per heavy atom. The molecule has 5 heteroatoms. The van der Waals surface area contributed by atoms with Gasteiger partial charge in [0, 0.05) is 9.26 Å². The predicted octanol–water partition coefficient (Wildman–Crippen LogP) is 2.18. The molecule has 0 unspecified atom stereocenters. The van der Waals surface area contributed by atoms with Crippen molar-refractivity contribution >= 4 is 40.2 Å². The highest BCUT2D eigenvalue weighted by atomic mass is 127. The lowest BCUT2D eigenvalue weighted by atomic mass is 10.1. The van der Waals surface area contributed by atoms with E-state index >= 15 is 0 Å². The largest absolute Gasteiger partial charge is 0.468 e. The van der Waals surface area contributed by atoms with Crippen molar-refractivity contribution in [2.45, 2.75) is 12.8 Å². The fourth-order valence-corrected chi connectivity index (χ4v) is 1.99. The predicted molar refractivity (Wildman–Crippen MR) is 71.5 cm³/mol. The third kappa shape index (κ3) is 2.43. The van der Waals surface area contributed by atoms with Crippen LogP contribution < -0.4 is 5.32 Å². The number of methoxy groups -OCH3 is 1. The fraction of sp³-hybridized carbons (Fsp3) is 0.333. The summed E-state index contributed by atoms with van der Waals surface area (Å²) >= 11 is 2.19. The number of carbonyl (C=O) groups excluding carboxylic acids is 2. The number of hydrogen-bond donors (Lipinski definition) is 1. The van der Waals surface area contributed by atoms with Crippen LogP contribution in [0.2, 0.25) is 0 Å². The van der Waals surface area contributed by atoms with Crippen molar-refractivity contribution in [3.63, 3.8) is 0 Å². The number of esters is 1. The van der Waals surface area contributed by atoms with Gasteiger partial charge in [-0.1, -0.05) is 0 Å². The zero-order chi connectivity index (χ0) is 12.5. The van der Waals surface area contributed by atoms with Crippen LogP contribution in [0.15, 0.2) is 24.3 Å². The second-order valence-electron chi connectivity index (χ2n) is 4.03. The number of amides is 1. The summed E-state index contributed by atoms with van der Waals surface area (Å²) in [4.78, 5) is 23.5. The minimum absolute atomic E-state index is 0.273. The maximum atomic E-state index is 12.0. The number of hydrogen-bond acceptors (Lipinski definition) is 3. The third-order valence-electron chi connectivity index (χ3n) is 2.86. The number of benzene rings is 1. The lowest BCUT2D eigenvalue weighted by Gasteiger charge is -2.12. The third-order valence-corrected chi connectivity index (χ3v) is 3.58. The molecule has 0 atom stereocenters. The first-order valence-corrected chi connectivity index (χ1v) is 6.32. The minimum atomic E-state index is -0.947. The number of carbonyl (C=O) groups is 2. The van der Waals surface area contributed by atoms with Gasteiger partial charge in [-0.15, -0.1) is 0 Å². The molecule has 1 saturated carbocycles. The Morgan fingerprint density at radius 3 is 2.35 bits per heavy atom. The SMILES string of the molecule is COC(=O)C1(C(=O)Nc2ccc(I)cc2)CC1. The highest BCUT2D eigenvalue weighted by Crippen LogP contribution is 2.47. The smallest absolute Gasteiger partial charge is 0.321 e. The lowest BCUT2D eigenvalue weighted by molar-refractivity contribution is -0.150. The Kier molecular flexibility index (Phi) is 3.37. The first-order valence-electron chi connectivity index (χ1n) is 5.24. The van der Waals surface area contributed by atoms with E-state index in [1.807, 2.05) is 24.3 Å². The molecular weight excluding hydrogens is 333 g/mol. The Hall–Kier alpha value is -1.11. The summed E-state index contributed by atoms with van der Waals surface area (Å²) in [6.45, 7) is 0. The number of nitrogens with one attached hydrogen (secondary N) is 1. The van der Waals surface area contributed by atoms with Crippen LogP contribution in [-0.4, -0.2) is 19.0 Å². The van der Waals surface area contributed by atoms with Gasteiger partial charge in [-0.3, -0.25) is 9.59 Å². The number of ether oxygens (including phenoxy) is 1. The summed E-state index contributed by atoms with van der Waals surface area (Å²) in [7, 11) is 1.31. The van der Waals surface area contributed by atoms with Gasteiger partial charge in [0.15, 0.2) is 0 Å². The molecule has 0 saturated heterocycles. The van der Waals surface area contributed by atoms with E-state index in [-0.39, 0.29) is 5.91 Å². The molecule has 1 aromatic rings. The average molecular weight is 345 g/mol. The Morgan fingerprint density at radius 2 is 1.88 bits per heavy atom. The monoisotopic (exact) mass is 345 g/mol. The topological polar surface area (TPSA) is 55.4 Å². The molecule has 2 rings (SSSR count). The van der Waals surface area contributed by atoms with Crippen LogP contribution in [0.1, 0.15) is 12.8 Å². The summed E-state index contributed by atoms with van der Waals surface area (Å²) in [5, 5.41) is 2.74. The standard InChI is InChI=1S/C12H12INO3/c1-17-11(16)12(6-7-12)10(15)14-9-4-2-8(13)3-5-9/h2-5H,6-7H2,1H3,(H,14,15). The first kappa shape index (κ1) is 12.3. The molecule has 0 aromatic heterocycles. The highest BCUT2D eigenvalue weighted by Gasteiger charge is 2.57. The van der Waals surface area contributed by atoms with Crippen LogP contribution in [0, 0.1) is 8.99 Å². The van der Waals surface area contributed by atoms with Crippen LogP contribution in [0.4, 0.5) is 5.69 Å². The van der Waals surface area contributed by atoms with E-state index in [4.69, 9.17) is 0 Å². The Labute approximate surface area is 113 Å². The second-order valence-corrected chi connectivity index (χ2v) is 5.28. The van der Waals surface area contributed by atoms with Gasteiger partial charge in [0.25, 0.3) is 0 Å². The molecule has 1 N–H and O–H groups in total. The van der Waals surface area contributed by atoms with E-state index in [9.17, 15) is 9.59 Å². The molecule has 1 aromatic carbocycles. The molecule has 1 aliphatic rings. The van der Waals surface area contributed by atoms with Crippen molar-refractivity contribution in [3.8, 4) is 0 Å². The maximum absolute atomic E-state index is 12.0. The average Bonchev–Trinajstić information content (AvgIpc) is 3.12. The second kappa shape index (κ2) is 4.64. The molecule has 90 valence electrons. The van der Waals surface area contributed by atoms with Gasteiger partial charge in [0.2, 0.25) is 5.91 Å². The van der Waals surface area contributed by atoms with Crippen molar-refractivity contribution in [1.29, 1.82) is 0 Å². The molecule has 1 amide bonds. The van der Waals surface area contributed by atoms with Crippen LogP contribution in [0.3, 0.4) is 0 Å². The van der Waals surface area contributed by atoms with E-state index in [1.165, 1.54) is 7.11 Å². The molecule has 0 aliphatic heterocycles. The molecule has 1 fully saturated rings. The number of anilines is 1. The van der Waals surface area contributed by atoms with Crippen LogP contribution in [0.5, 0.6) is 0 Å². The van der Waals surface area contributed by atoms with Gasteiger partial charge in [-0.2, -0.15) is 0 Å². The summed E-state index contributed by atoms with van der Waals surface area (Å²) in [5.74, 6) is -0.717. The summed E-state index contributed by atoms with van der Waals surface area (Å²) in [6, 6.07) is 7.42. The quantitative estimate of drug-likeness (QED) is 0.519. The van der Waals surface area contributed by atoms with Crippen molar-refractivity contribution in [3.05, 3.63) is 27.8 Å². The van der Waals surface area contributed by atoms with E-state index in [0.717, 1.165) is 3.57 Å². The van der Waals surface area contributed by atoms with Gasteiger partial charge < -0.3 is 10.1 Å². The molecule has 1 aliphatic carbocycles. The summed E-state index contributed by atoms with van der Waals surface area (Å²) in [6.07, 6.45) is 1.13. The van der Waals surface area contributed by atoms with Gasteiger partial charge >= 0.3 is 5.97 Å². The number of rotatable bonds is 3. The van der Waals surface area contributed by atoms with Crippen LogP contribution in [-0.2, 0) is 14.3 Å². The molecule has 17 heavy (non-hydrogen) atoms. The fourth-order valence-electron chi connectivity index (χ4n) is 1.63. The molecule has 4 nitrogen and oxygen atoms in total. The first-order chi connectivity index (χ1) is 8.08. The van der Waals surface area contributed by atoms with Crippen molar-refractivity contribution in [2.24, 2.45) is 5.41 Å². The zero-order valence-electron chi connectivity index (χ0n) is 9.33. The molecular formula is C12H12INO3. The van der Waals surface area contributed by atoms with Crippen LogP contribution >= 0.6 is 22.6 Å². The summed E-state index contributed by atoms with van der Waals surface area (Å²) in [5.41, 5.74) is -0.247. The molecule has 0 radical (unpaired) electrons. The molecule has 0 spiro atoms. The van der Waals surface area contributed by atoms with Crippen molar-refractivity contribution < 1.29 is 14.3 Å². The Bertz CT molecular complexity index is 451. The minimum Gasteiger partial charge on any atom is -0.468 e. The zero-order valence-corrected chi connectivity index (χ0v) is 11.5. The van der Waals surface area contributed by atoms with E-state index in [1.54, 1.807) is 0 Å². The molecule has 0 heterocycles. The maximum Gasteiger partial charge on any atom is 0.321 e. The molecule has 0 bridgehead atoms. The van der Waals surface area contributed by atoms with E-state index in [0.29, 0.717) is 18.5 Å².